The lowest BCUT2D eigenvalue weighted by molar-refractivity contribution is -0.129. The van der Waals surface area contributed by atoms with Crippen molar-refractivity contribution in [2.24, 2.45) is 0 Å². The van der Waals surface area contributed by atoms with Gasteiger partial charge in [-0.25, -0.2) is 0 Å². The number of carbonyl (C=O) groups excluding carboxylic acids is 1. The third-order valence-electron chi connectivity index (χ3n) is 4.80. The molecule has 1 atom stereocenters. The number of rotatable bonds is 8. The Morgan fingerprint density at radius 2 is 1.87 bits per heavy atom. The Hall–Kier alpha value is -2.58. The molecule has 0 aliphatic carbocycles. The van der Waals surface area contributed by atoms with Crippen LogP contribution in [0.5, 0.6) is 5.75 Å². The van der Waals surface area contributed by atoms with Gasteiger partial charge < -0.3 is 15.0 Å². The van der Waals surface area contributed by atoms with E-state index in [9.17, 15) is 4.79 Å². The SMILES string of the molecule is CCOc1ccccc1Nc1nnc(SC(C(=O)N2CCCC2)c2ccccc2)s1. The third kappa shape index (κ3) is 4.94. The average Bonchev–Trinajstić information content (AvgIpc) is 3.46. The van der Waals surface area contributed by atoms with Gasteiger partial charge in [0.1, 0.15) is 11.0 Å². The van der Waals surface area contributed by atoms with Crippen LogP contribution in [-0.2, 0) is 4.79 Å². The quantitative estimate of drug-likeness (QED) is 0.490. The van der Waals surface area contributed by atoms with Crippen molar-refractivity contribution < 1.29 is 9.53 Å². The van der Waals surface area contributed by atoms with Crippen molar-refractivity contribution >= 4 is 39.8 Å². The third-order valence-corrected chi connectivity index (χ3v) is 6.96. The monoisotopic (exact) mass is 440 g/mol. The van der Waals surface area contributed by atoms with Crippen LogP contribution in [0.1, 0.15) is 30.6 Å². The predicted octanol–water partition coefficient (Wildman–Crippen LogP) is 5.14. The summed E-state index contributed by atoms with van der Waals surface area (Å²) in [7, 11) is 0. The van der Waals surface area contributed by atoms with Gasteiger partial charge in [-0.1, -0.05) is 65.6 Å². The first-order chi connectivity index (χ1) is 14.7. The summed E-state index contributed by atoms with van der Waals surface area (Å²) in [5, 5.41) is 12.2. The molecule has 1 N–H and O–H groups in total. The first-order valence-corrected chi connectivity index (χ1v) is 11.8. The van der Waals surface area contributed by atoms with E-state index in [0.717, 1.165) is 47.3 Å². The molecular weight excluding hydrogens is 416 g/mol. The second-order valence-electron chi connectivity index (χ2n) is 6.87. The number of hydrogen-bond donors (Lipinski definition) is 1. The van der Waals surface area contributed by atoms with Crippen LogP contribution in [0.2, 0.25) is 0 Å². The van der Waals surface area contributed by atoms with Crippen LogP contribution in [0.4, 0.5) is 10.8 Å². The fourth-order valence-corrected chi connectivity index (χ4v) is 5.41. The number of aromatic nitrogens is 2. The summed E-state index contributed by atoms with van der Waals surface area (Å²) in [4.78, 5) is 15.2. The number of likely N-dealkylation sites (tertiary alicyclic amines) is 1. The zero-order chi connectivity index (χ0) is 20.8. The highest BCUT2D eigenvalue weighted by atomic mass is 32.2. The van der Waals surface area contributed by atoms with Gasteiger partial charge in [0.25, 0.3) is 0 Å². The fourth-order valence-electron chi connectivity index (χ4n) is 3.37. The Morgan fingerprint density at radius 1 is 1.13 bits per heavy atom. The Kier molecular flexibility index (Phi) is 6.86. The maximum Gasteiger partial charge on any atom is 0.240 e. The Balaban J connectivity index is 1.52. The smallest absolute Gasteiger partial charge is 0.240 e. The van der Waals surface area contributed by atoms with Crippen LogP contribution < -0.4 is 10.1 Å². The van der Waals surface area contributed by atoms with E-state index in [0.29, 0.717) is 11.7 Å². The largest absolute Gasteiger partial charge is 0.492 e. The van der Waals surface area contributed by atoms with Crippen molar-refractivity contribution in [1.29, 1.82) is 0 Å². The van der Waals surface area contributed by atoms with Gasteiger partial charge in [0.15, 0.2) is 4.34 Å². The summed E-state index contributed by atoms with van der Waals surface area (Å²) >= 11 is 2.91. The van der Waals surface area contributed by atoms with E-state index in [1.54, 1.807) is 0 Å². The van der Waals surface area contributed by atoms with Crippen molar-refractivity contribution in [1.82, 2.24) is 15.1 Å². The summed E-state index contributed by atoms with van der Waals surface area (Å²) in [6.45, 7) is 4.21. The van der Waals surface area contributed by atoms with Gasteiger partial charge in [-0.2, -0.15) is 0 Å². The summed E-state index contributed by atoms with van der Waals surface area (Å²) in [6.07, 6.45) is 2.15. The van der Waals surface area contributed by atoms with Crippen LogP contribution in [-0.4, -0.2) is 40.7 Å². The van der Waals surface area contributed by atoms with E-state index in [1.165, 1.54) is 23.1 Å². The van der Waals surface area contributed by atoms with Crippen molar-refractivity contribution in [3.05, 3.63) is 60.2 Å². The number of nitrogens with one attached hydrogen (secondary N) is 1. The lowest BCUT2D eigenvalue weighted by Crippen LogP contribution is -2.31. The molecule has 0 radical (unpaired) electrons. The van der Waals surface area contributed by atoms with Crippen LogP contribution in [0.15, 0.2) is 58.9 Å². The molecule has 0 bridgehead atoms. The second-order valence-corrected chi connectivity index (χ2v) is 9.20. The molecule has 3 aromatic rings. The lowest BCUT2D eigenvalue weighted by Gasteiger charge is -2.22. The first kappa shape index (κ1) is 20.7. The normalized spacial score (nSPS) is 14.5. The minimum Gasteiger partial charge on any atom is -0.492 e. The Labute approximate surface area is 184 Å². The van der Waals surface area contributed by atoms with Gasteiger partial charge in [-0.15, -0.1) is 10.2 Å². The summed E-state index contributed by atoms with van der Waals surface area (Å²) in [6, 6.07) is 17.7. The van der Waals surface area contributed by atoms with Gasteiger partial charge in [0.05, 0.1) is 12.3 Å². The van der Waals surface area contributed by atoms with Crippen LogP contribution >= 0.6 is 23.1 Å². The zero-order valence-electron chi connectivity index (χ0n) is 16.8. The van der Waals surface area contributed by atoms with Gasteiger partial charge in [0, 0.05) is 13.1 Å². The molecule has 1 aromatic heterocycles. The molecular formula is C22H24N4O2S2. The molecule has 30 heavy (non-hydrogen) atoms. The van der Waals surface area contributed by atoms with Crippen molar-refractivity contribution in [3.63, 3.8) is 0 Å². The first-order valence-electron chi connectivity index (χ1n) is 10.1. The Morgan fingerprint density at radius 3 is 2.63 bits per heavy atom. The molecule has 1 amide bonds. The molecule has 0 saturated carbocycles. The van der Waals surface area contributed by atoms with Crippen molar-refractivity contribution in [3.8, 4) is 5.75 Å². The van der Waals surface area contributed by atoms with Crippen molar-refractivity contribution in [2.75, 3.05) is 25.0 Å². The maximum absolute atomic E-state index is 13.2. The van der Waals surface area contributed by atoms with Gasteiger partial charge in [0.2, 0.25) is 11.0 Å². The number of thioether (sulfide) groups is 1. The van der Waals surface area contributed by atoms with Gasteiger partial charge in [-0.3, -0.25) is 4.79 Å². The number of amides is 1. The number of benzene rings is 2. The molecule has 1 saturated heterocycles. The van der Waals surface area contributed by atoms with E-state index in [4.69, 9.17) is 4.74 Å². The minimum atomic E-state index is -0.319. The summed E-state index contributed by atoms with van der Waals surface area (Å²) in [5.41, 5.74) is 1.84. The van der Waals surface area contributed by atoms with E-state index in [1.807, 2.05) is 66.4 Å². The number of hydrogen-bond acceptors (Lipinski definition) is 7. The summed E-state index contributed by atoms with van der Waals surface area (Å²) < 4.78 is 6.42. The van der Waals surface area contributed by atoms with E-state index in [2.05, 4.69) is 15.5 Å². The second kappa shape index (κ2) is 9.95. The molecule has 1 fully saturated rings. The standard InChI is InChI=1S/C22H24N4O2S2/c1-2-28-18-13-7-6-12-17(18)23-21-24-25-22(30-21)29-19(16-10-4-3-5-11-16)20(27)26-14-8-9-15-26/h3-7,10-13,19H,2,8-9,14-15H2,1H3,(H,23,24). The zero-order valence-corrected chi connectivity index (χ0v) is 18.4. The van der Waals surface area contributed by atoms with Crippen LogP contribution in [0.3, 0.4) is 0 Å². The highest BCUT2D eigenvalue weighted by Gasteiger charge is 2.29. The molecule has 0 spiro atoms. The highest BCUT2D eigenvalue weighted by molar-refractivity contribution is 8.01. The molecule has 4 rings (SSSR count). The molecule has 8 heteroatoms. The molecule has 6 nitrogen and oxygen atoms in total. The highest BCUT2D eigenvalue weighted by Crippen LogP contribution is 2.40. The number of para-hydroxylation sites is 2. The van der Waals surface area contributed by atoms with Gasteiger partial charge in [-0.05, 0) is 37.5 Å². The molecule has 1 aliphatic rings. The Bertz CT molecular complexity index is 974. The number of ether oxygens (including phenoxy) is 1. The molecule has 2 aromatic carbocycles. The van der Waals surface area contributed by atoms with E-state index < -0.39 is 0 Å². The lowest BCUT2D eigenvalue weighted by atomic mass is 10.1. The molecule has 2 heterocycles. The van der Waals surface area contributed by atoms with E-state index >= 15 is 0 Å². The maximum atomic E-state index is 13.2. The molecule has 1 unspecified atom stereocenters. The van der Waals surface area contributed by atoms with Crippen molar-refractivity contribution in [2.45, 2.75) is 29.4 Å². The number of anilines is 2. The van der Waals surface area contributed by atoms with Gasteiger partial charge >= 0.3 is 0 Å². The number of carbonyl (C=O) groups is 1. The molecule has 1 aliphatic heterocycles. The topological polar surface area (TPSA) is 67.3 Å². The fraction of sp³-hybridized carbons (Fsp3) is 0.318. The summed E-state index contributed by atoms with van der Waals surface area (Å²) in [5.74, 6) is 0.922. The average molecular weight is 441 g/mol. The minimum absolute atomic E-state index is 0.148. The number of nitrogens with zero attached hydrogens (tertiary/aromatic N) is 3. The molecule has 156 valence electrons. The van der Waals surface area contributed by atoms with Crippen LogP contribution in [0.25, 0.3) is 0 Å². The van der Waals surface area contributed by atoms with E-state index in [-0.39, 0.29) is 11.2 Å². The van der Waals surface area contributed by atoms with Crippen LogP contribution in [0, 0.1) is 0 Å². The predicted molar refractivity (Wildman–Crippen MR) is 122 cm³/mol.